The van der Waals surface area contributed by atoms with Crippen molar-refractivity contribution in [3.05, 3.63) is 176 Å². The monoisotopic (exact) mass is 655 g/mol. The van der Waals surface area contributed by atoms with Crippen LogP contribution in [0.3, 0.4) is 0 Å². The summed E-state index contributed by atoms with van der Waals surface area (Å²) >= 11 is 1.86. The SMILES string of the molecule is c1ccc2cc(-c3ccc(N(c4ccc(-c5ccc6ccccc6n5)cc4)c4cccc5c4sc4cc6ccccc6cc45)cc3)ncc2c1. The van der Waals surface area contributed by atoms with Gasteiger partial charge < -0.3 is 4.90 Å². The molecule has 10 aromatic rings. The van der Waals surface area contributed by atoms with Crippen molar-refractivity contribution in [3.8, 4) is 22.5 Å². The molecule has 0 aliphatic carbocycles. The zero-order chi connectivity index (χ0) is 33.0. The molecule has 0 N–H and O–H groups in total. The minimum absolute atomic E-state index is 0.965. The van der Waals surface area contributed by atoms with E-state index in [1.165, 1.54) is 36.3 Å². The number of aromatic nitrogens is 2. The summed E-state index contributed by atoms with van der Waals surface area (Å²) in [5, 5.41) is 8.57. The van der Waals surface area contributed by atoms with Gasteiger partial charge in [0, 0.05) is 54.9 Å². The highest BCUT2D eigenvalue weighted by atomic mass is 32.1. The molecule has 0 aliphatic heterocycles. The molecule has 0 radical (unpaired) electrons. The summed E-state index contributed by atoms with van der Waals surface area (Å²) in [7, 11) is 0. The number of benzene rings is 7. The largest absolute Gasteiger partial charge is 0.309 e. The van der Waals surface area contributed by atoms with E-state index in [-0.39, 0.29) is 0 Å². The lowest BCUT2D eigenvalue weighted by Crippen LogP contribution is -2.10. The number of nitrogens with zero attached hydrogens (tertiary/aromatic N) is 3. The number of fused-ring (bicyclic) bond motifs is 6. The maximum absolute atomic E-state index is 4.96. The third kappa shape index (κ3) is 4.89. The lowest BCUT2D eigenvalue weighted by Gasteiger charge is -2.26. The Morgan fingerprint density at radius 3 is 1.80 bits per heavy atom. The quantitative estimate of drug-likeness (QED) is 0.185. The number of hydrogen-bond donors (Lipinski definition) is 0. The van der Waals surface area contributed by atoms with E-state index in [2.05, 4.69) is 169 Å². The fourth-order valence-corrected chi connectivity index (χ4v) is 8.34. The molecule has 10 rings (SSSR count). The third-order valence-electron chi connectivity index (χ3n) is 9.66. The minimum atomic E-state index is 0.965. The maximum atomic E-state index is 4.96. The van der Waals surface area contributed by atoms with Crippen LogP contribution in [0.2, 0.25) is 0 Å². The molecule has 0 unspecified atom stereocenters. The van der Waals surface area contributed by atoms with Crippen LogP contribution in [0.5, 0.6) is 0 Å². The third-order valence-corrected chi connectivity index (χ3v) is 10.8. The van der Waals surface area contributed by atoms with E-state index in [0.29, 0.717) is 0 Å². The van der Waals surface area contributed by atoms with E-state index in [9.17, 15) is 0 Å². The molecule has 3 nitrogen and oxygen atoms in total. The van der Waals surface area contributed by atoms with Crippen LogP contribution >= 0.6 is 11.3 Å². The molecule has 0 saturated heterocycles. The first-order valence-corrected chi connectivity index (χ1v) is 17.6. The van der Waals surface area contributed by atoms with E-state index >= 15 is 0 Å². The van der Waals surface area contributed by atoms with Gasteiger partial charge in [-0.1, -0.05) is 109 Å². The van der Waals surface area contributed by atoms with Gasteiger partial charge in [0.25, 0.3) is 0 Å². The van der Waals surface area contributed by atoms with Crippen molar-refractivity contribution < 1.29 is 0 Å². The van der Waals surface area contributed by atoms with Gasteiger partial charge in [-0.25, -0.2) is 4.98 Å². The van der Waals surface area contributed by atoms with Crippen LogP contribution in [-0.4, -0.2) is 9.97 Å². The molecule has 3 aromatic heterocycles. The van der Waals surface area contributed by atoms with Gasteiger partial charge in [-0.2, -0.15) is 0 Å². The molecule has 0 fully saturated rings. The summed E-state index contributed by atoms with van der Waals surface area (Å²) in [6.07, 6.45) is 1.96. The Bertz CT molecular complexity index is 2750. The molecule has 0 amide bonds. The molecule has 0 saturated carbocycles. The normalized spacial score (nSPS) is 11.6. The first-order valence-electron chi connectivity index (χ1n) is 16.8. The number of anilines is 3. The number of thiophene rings is 1. The second kappa shape index (κ2) is 11.7. The number of rotatable bonds is 5. The predicted octanol–water partition coefficient (Wildman–Crippen LogP) is 13.1. The number of para-hydroxylation sites is 1. The minimum Gasteiger partial charge on any atom is -0.309 e. The average molecular weight is 656 g/mol. The summed E-state index contributed by atoms with van der Waals surface area (Å²) in [5.74, 6) is 0. The molecular weight excluding hydrogens is 627 g/mol. The van der Waals surface area contributed by atoms with E-state index in [4.69, 9.17) is 9.97 Å². The molecule has 3 heterocycles. The van der Waals surface area contributed by atoms with Crippen molar-refractivity contribution in [1.29, 1.82) is 0 Å². The summed E-state index contributed by atoms with van der Waals surface area (Å²) in [6.45, 7) is 0. The highest BCUT2D eigenvalue weighted by Gasteiger charge is 2.19. The van der Waals surface area contributed by atoms with Gasteiger partial charge in [0.1, 0.15) is 0 Å². The Morgan fingerprint density at radius 1 is 0.440 bits per heavy atom. The zero-order valence-corrected chi connectivity index (χ0v) is 27.8. The van der Waals surface area contributed by atoms with Crippen LogP contribution in [0.4, 0.5) is 17.1 Å². The zero-order valence-electron chi connectivity index (χ0n) is 27.0. The van der Waals surface area contributed by atoms with E-state index in [1.807, 2.05) is 23.6 Å². The van der Waals surface area contributed by atoms with Gasteiger partial charge in [0.2, 0.25) is 0 Å². The van der Waals surface area contributed by atoms with Crippen molar-refractivity contribution in [2.75, 3.05) is 4.90 Å². The predicted molar refractivity (Wildman–Crippen MR) is 213 cm³/mol. The molecule has 0 aliphatic rings. The summed E-state index contributed by atoms with van der Waals surface area (Å²) in [6, 6.07) is 60.7. The standard InChI is InChI=1S/C46H29N3S/c1-2-11-35-28-45-40(26-33(35)9-1)39-13-7-15-44(46(39)50-45)49(37-21-16-31(17-22-37)42-25-20-30-8-5-6-14-41(30)48-42)38-23-18-32(19-24-38)43-27-34-10-3-4-12-36(34)29-47-43/h1-29H. The molecule has 0 bridgehead atoms. The van der Waals surface area contributed by atoms with Crippen molar-refractivity contribution in [2.24, 2.45) is 0 Å². The molecule has 7 aromatic carbocycles. The summed E-state index contributed by atoms with van der Waals surface area (Å²) in [4.78, 5) is 12.1. The lowest BCUT2D eigenvalue weighted by atomic mass is 10.0. The van der Waals surface area contributed by atoms with Gasteiger partial charge in [0.15, 0.2) is 0 Å². The fourth-order valence-electron chi connectivity index (χ4n) is 7.10. The maximum Gasteiger partial charge on any atom is 0.0709 e. The van der Waals surface area contributed by atoms with Crippen LogP contribution in [0.1, 0.15) is 0 Å². The van der Waals surface area contributed by atoms with Crippen molar-refractivity contribution in [3.63, 3.8) is 0 Å². The Hall–Kier alpha value is -6.36. The van der Waals surface area contributed by atoms with E-state index in [0.717, 1.165) is 55.9 Å². The Kier molecular flexibility index (Phi) is 6.68. The summed E-state index contributed by atoms with van der Waals surface area (Å²) in [5.41, 5.74) is 8.43. The van der Waals surface area contributed by atoms with E-state index in [1.54, 1.807) is 0 Å². The van der Waals surface area contributed by atoms with Crippen molar-refractivity contribution in [2.45, 2.75) is 0 Å². The van der Waals surface area contributed by atoms with Crippen LogP contribution in [0.25, 0.3) is 75.1 Å². The van der Waals surface area contributed by atoms with Gasteiger partial charge in [-0.05, 0) is 76.8 Å². The smallest absolute Gasteiger partial charge is 0.0709 e. The van der Waals surface area contributed by atoms with Crippen LogP contribution in [0.15, 0.2) is 176 Å². The molecule has 4 heteroatoms. The first-order chi connectivity index (χ1) is 24.7. The van der Waals surface area contributed by atoms with Crippen molar-refractivity contribution in [1.82, 2.24) is 9.97 Å². The highest BCUT2D eigenvalue weighted by Crippen LogP contribution is 2.46. The van der Waals surface area contributed by atoms with Gasteiger partial charge >= 0.3 is 0 Å². The van der Waals surface area contributed by atoms with Gasteiger partial charge in [-0.3, -0.25) is 4.98 Å². The number of pyridine rings is 2. The fraction of sp³-hybridized carbons (Fsp3) is 0. The van der Waals surface area contributed by atoms with Crippen LogP contribution in [0, 0.1) is 0 Å². The molecular formula is C46H29N3S. The summed E-state index contributed by atoms with van der Waals surface area (Å²) < 4.78 is 2.56. The second-order valence-corrected chi connectivity index (χ2v) is 13.7. The number of hydrogen-bond acceptors (Lipinski definition) is 4. The highest BCUT2D eigenvalue weighted by molar-refractivity contribution is 7.26. The first kappa shape index (κ1) is 28.6. The Balaban J connectivity index is 1.11. The lowest BCUT2D eigenvalue weighted by molar-refractivity contribution is 1.29. The van der Waals surface area contributed by atoms with Crippen LogP contribution < -0.4 is 4.90 Å². The van der Waals surface area contributed by atoms with E-state index < -0.39 is 0 Å². The van der Waals surface area contributed by atoms with Gasteiger partial charge in [-0.15, -0.1) is 11.3 Å². The van der Waals surface area contributed by atoms with Crippen molar-refractivity contribution >= 4 is 81.0 Å². The molecule has 0 spiro atoms. The van der Waals surface area contributed by atoms with Crippen LogP contribution in [-0.2, 0) is 0 Å². The Labute approximate surface area is 293 Å². The Morgan fingerprint density at radius 2 is 1.06 bits per heavy atom. The van der Waals surface area contributed by atoms with Gasteiger partial charge in [0.05, 0.1) is 27.3 Å². The second-order valence-electron chi connectivity index (χ2n) is 12.7. The molecule has 234 valence electrons. The average Bonchev–Trinajstić information content (AvgIpc) is 3.55. The topological polar surface area (TPSA) is 29.0 Å². The molecule has 50 heavy (non-hydrogen) atoms. The molecule has 0 atom stereocenters.